The Morgan fingerprint density at radius 2 is 0.898 bits per heavy atom. The van der Waals surface area contributed by atoms with Crippen LogP contribution in [-0.4, -0.2) is 0 Å². The second-order valence-electron chi connectivity index (χ2n) is 12.5. The topological polar surface area (TPSA) is 13.1 Å². The highest BCUT2D eigenvalue weighted by Crippen LogP contribution is 2.45. The Labute approximate surface area is 291 Å². The van der Waals surface area contributed by atoms with Crippen molar-refractivity contribution in [2.45, 2.75) is 0 Å². The number of hydrogen-bond acceptors (Lipinski definition) is 1. The van der Waals surface area contributed by atoms with Crippen LogP contribution in [0.3, 0.4) is 0 Å². The Kier molecular flexibility index (Phi) is 5.20. The van der Waals surface area contributed by atoms with E-state index in [2.05, 4.69) is 97.1 Å². The van der Waals surface area contributed by atoms with Crippen molar-refractivity contribution in [3.8, 4) is 44.5 Å². The van der Waals surface area contributed by atoms with E-state index >= 15 is 0 Å². The fraction of sp³-hybridized carbons (Fsp3) is 0. The summed E-state index contributed by atoms with van der Waals surface area (Å²) in [5.74, 6) is 0. The minimum Gasteiger partial charge on any atom is -0.456 e. The highest BCUT2D eigenvalue weighted by Gasteiger charge is 2.18. The number of benzene rings is 9. The largest absolute Gasteiger partial charge is 0.456 e. The minimum atomic E-state index is -0.402. The molecule has 0 saturated carbocycles. The summed E-state index contributed by atoms with van der Waals surface area (Å²) in [5.41, 5.74) is 8.96. The molecule has 0 atom stereocenters. The van der Waals surface area contributed by atoms with Gasteiger partial charge in [0.05, 0.1) is 6.85 Å². The predicted octanol–water partition coefficient (Wildman–Crippen LogP) is 13.7. The van der Waals surface area contributed by atoms with E-state index in [0.29, 0.717) is 5.56 Å². The molecule has 0 aliphatic carbocycles. The molecule has 1 aromatic heterocycles. The number of furan rings is 1. The molecule has 0 aliphatic rings. The predicted molar refractivity (Wildman–Crippen MR) is 208 cm³/mol. The molecule has 1 nitrogen and oxygen atoms in total. The molecule has 0 fully saturated rings. The zero-order valence-electron chi connectivity index (χ0n) is 31.3. The first kappa shape index (κ1) is 23.0. The third-order valence-corrected chi connectivity index (χ3v) is 9.72. The first-order valence-electron chi connectivity index (χ1n) is 18.9. The summed E-state index contributed by atoms with van der Waals surface area (Å²) in [5, 5.41) is 7.96. The van der Waals surface area contributed by atoms with Crippen molar-refractivity contribution in [1.82, 2.24) is 0 Å². The summed E-state index contributed by atoms with van der Waals surface area (Å²) in [7, 11) is 0. The van der Waals surface area contributed by atoms with Gasteiger partial charge in [-0.05, 0) is 113 Å². The van der Waals surface area contributed by atoms with Crippen LogP contribution in [0.5, 0.6) is 0 Å². The van der Waals surface area contributed by atoms with E-state index in [1.54, 1.807) is 0 Å². The zero-order valence-corrected chi connectivity index (χ0v) is 26.3. The molecule has 0 N–H and O–H groups in total. The highest BCUT2D eigenvalue weighted by molar-refractivity contribution is 6.22. The summed E-state index contributed by atoms with van der Waals surface area (Å²) in [6.45, 7) is 0. The van der Waals surface area contributed by atoms with Gasteiger partial charge in [-0.3, -0.25) is 0 Å². The Balaban J connectivity index is 1.12. The molecular weight excluding hydrogens is 593 g/mol. The van der Waals surface area contributed by atoms with Gasteiger partial charge in [0.1, 0.15) is 11.2 Å². The smallest absolute Gasteiger partial charge is 0.136 e. The first-order chi connectivity index (χ1) is 26.4. The Morgan fingerprint density at radius 3 is 1.61 bits per heavy atom. The van der Waals surface area contributed by atoms with Crippen molar-refractivity contribution in [3.05, 3.63) is 182 Å². The van der Waals surface area contributed by atoms with Crippen LogP contribution >= 0.6 is 0 Å². The van der Waals surface area contributed by atoms with Crippen LogP contribution < -0.4 is 0 Å². The lowest BCUT2D eigenvalue weighted by molar-refractivity contribution is 0.669. The van der Waals surface area contributed by atoms with E-state index in [1.807, 2.05) is 54.6 Å². The van der Waals surface area contributed by atoms with Crippen LogP contribution in [0, 0.1) is 0 Å². The molecule has 0 spiro atoms. The summed E-state index contributed by atoms with van der Waals surface area (Å²) >= 11 is 0. The van der Waals surface area contributed by atoms with Crippen molar-refractivity contribution >= 4 is 54.3 Å². The van der Waals surface area contributed by atoms with Crippen molar-refractivity contribution in [2.24, 2.45) is 0 Å². The molecule has 0 radical (unpaired) electrons. The van der Waals surface area contributed by atoms with Gasteiger partial charge >= 0.3 is 0 Å². The molecule has 0 amide bonds. The van der Waals surface area contributed by atoms with Crippen molar-refractivity contribution in [3.63, 3.8) is 0 Å². The second-order valence-corrected chi connectivity index (χ2v) is 12.5. The molecule has 9 aromatic carbocycles. The van der Waals surface area contributed by atoms with E-state index < -0.39 is 6.04 Å². The van der Waals surface area contributed by atoms with E-state index in [-0.39, 0.29) is 29.7 Å². The molecule has 10 rings (SSSR count). The number of fused-ring (bicyclic) bond motifs is 6. The van der Waals surface area contributed by atoms with Gasteiger partial charge in [-0.2, -0.15) is 0 Å². The minimum absolute atomic E-state index is 0.204. The summed E-state index contributed by atoms with van der Waals surface area (Å²) in [4.78, 5) is 0. The van der Waals surface area contributed by atoms with Gasteiger partial charge in [0.2, 0.25) is 0 Å². The van der Waals surface area contributed by atoms with E-state index in [9.17, 15) is 0 Å². The average molecular weight is 628 g/mol. The zero-order chi connectivity index (χ0) is 36.7. The number of rotatable bonds is 4. The van der Waals surface area contributed by atoms with Crippen molar-refractivity contribution in [2.75, 3.05) is 0 Å². The summed E-state index contributed by atoms with van der Waals surface area (Å²) in [6, 6.07) is 50.7. The third kappa shape index (κ3) is 4.55. The van der Waals surface area contributed by atoms with Gasteiger partial charge in [-0.25, -0.2) is 0 Å². The molecule has 49 heavy (non-hydrogen) atoms. The van der Waals surface area contributed by atoms with Crippen LogP contribution in [0.1, 0.15) is 6.85 Å². The fourth-order valence-corrected chi connectivity index (χ4v) is 7.44. The Hall–Kier alpha value is -6.44. The molecule has 0 unspecified atom stereocenters. The molecule has 1 heteroatoms. The lowest BCUT2D eigenvalue weighted by atomic mass is 9.86. The summed E-state index contributed by atoms with van der Waals surface area (Å²) < 4.78 is 49.2. The lowest BCUT2D eigenvalue weighted by Crippen LogP contribution is -1.90. The first-order valence-corrected chi connectivity index (χ1v) is 16.4. The average Bonchev–Trinajstić information content (AvgIpc) is 3.59. The van der Waals surface area contributed by atoms with Crippen LogP contribution in [-0.2, 0) is 0 Å². The molecule has 228 valence electrons. The highest BCUT2D eigenvalue weighted by atomic mass is 16.3. The molecule has 0 saturated heterocycles. The van der Waals surface area contributed by atoms with Gasteiger partial charge in [-0.1, -0.05) is 145 Å². The molecule has 1 heterocycles. The van der Waals surface area contributed by atoms with Crippen LogP contribution in [0.4, 0.5) is 0 Å². The van der Waals surface area contributed by atoms with Gasteiger partial charge in [0.25, 0.3) is 0 Å². The van der Waals surface area contributed by atoms with Crippen LogP contribution in [0.2, 0.25) is 0 Å². The molecule has 0 bridgehead atoms. The second kappa shape index (κ2) is 11.1. The van der Waals surface area contributed by atoms with Crippen molar-refractivity contribution in [1.29, 1.82) is 0 Å². The maximum Gasteiger partial charge on any atom is 0.136 e. The van der Waals surface area contributed by atoms with Gasteiger partial charge in [-0.15, -0.1) is 0 Å². The quantitative estimate of drug-likeness (QED) is 0.177. The molecule has 10 aromatic rings. The Morgan fingerprint density at radius 1 is 0.327 bits per heavy atom. The number of hydrogen-bond donors (Lipinski definition) is 0. The monoisotopic (exact) mass is 627 g/mol. The standard InChI is InChI=1S/C48H30O/c1-2-12-32(13-3-1)47-40-17-6-8-19-42(40)48(43-20-9-7-18-41(43)47)38-24-26-45-44(29-38)39-25-23-37(30-46(39)49-45)35-16-10-15-34(28-35)36-22-21-31-11-4-5-14-33(31)27-36/h1-30H/i1D,2D,3D,12D,13D. The fourth-order valence-electron chi connectivity index (χ4n) is 7.44. The maximum atomic E-state index is 8.85. The van der Waals surface area contributed by atoms with E-state index in [0.717, 1.165) is 71.3 Å². The molecular formula is C48H30O. The Bertz CT molecular complexity index is 3090. The maximum absolute atomic E-state index is 8.85. The van der Waals surface area contributed by atoms with Gasteiger partial charge in [0.15, 0.2) is 0 Å². The van der Waals surface area contributed by atoms with E-state index in [1.165, 1.54) is 16.3 Å². The van der Waals surface area contributed by atoms with Crippen LogP contribution in [0.15, 0.2) is 186 Å². The third-order valence-electron chi connectivity index (χ3n) is 9.72. The SMILES string of the molecule is [2H]c1c([2H])c([2H])c(-c2c3ccccc3c(-c3ccc4oc5cc(-c6cccc(-c7ccc8ccccc8c7)c6)ccc5c4c3)c3ccccc23)c([2H])c1[2H]. The van der Waals surface area contributed by atoms with E-state index in [4.69, 9.17) is 11.3 Å². The van der Waals surface area contributed by atoms with Crippen molar-refractivity contribution < 1.29 is 11.3 Å². The normalized spacial score (nSPS) is 13.1. The molecule has 0 aliphatic heterocycles. The van der Waals surface area contributed by atoms with Crippen LogP contribution in [0.25, 0.3) is 98.8 Å². The summed E-state index contributed by atoms with van der Waals surface area (Å²) in [6.07, 6.45) is 0. The lowest BCUT2D eigenvalue weighted by Gasteiger charge is -2.17. The van der Waals surface area contributed by atoms with Gasteiger partial charge in [0, 0.05) is 10.8 Å². The van der Waals surface area contributed by atoms with Gasteiger partial charge < -0.3 is 4.42 Å².